The van der Waals surface area contributed by atoms with E-state index >= 15 is 4.39 Å². The van der Waals surface area contributed by atoms with Crippen LogP contribution in [-0.2, 0) is 28.7 Å². The van der Waals surface area contributed by atoms with Gasteiger partial charge in [0.15, 0.2) is 18.0 Å². The fraction of sp³-hybridized carbons (Fsp3) is 0.680. The molecule has 4 aliphatic rings. The lowest BCUT2D eigenvalue weighted by molar-refractivity contribution is -0.201. The molecule has 8 atom stereocenters. The van der Waals surface area contributed by atoms with E-state index in [-0.39, 0.29) is 42.8 Å². The van der Waals surface area contributed by atoms with Gasteiger partial charge in [-0.2, -0.15) is 0 Å². The number of carbonyl (C=O) groups excluding carboxylic acids is 4. The van der Waals surface area contributed by atoms with Crippen LogP contribution < -0.4 is 0 Å². The number of rotatable bonds is 4. The molecule has 0 heterocycles. The van der Waals surface area contributed by atoms with Crippen LogP contribution in [0, 0.1) is 28.6 Å². The van der Waals surface area contributed by atoms with Gasteiger partial charge in [0.25, 0.3) is 0 Å². The smallest absolute Gasteiger partial charge is 0.303 e. The molecule has 0 saturated heterocycles. The number of esters is 2. The molecule has 180 valence electrons. The van der Waals surface area contributed by atoms with Gasteiger partial charge in [-0.05, 0) is 55.2 Å². The van der Waals surface area contributed by atoms with Gasteiger partial charge in [-0.1, -0.05) is 19.9 Å². The van der Waals surface area contributed by atoms with E-state index in [0.29, 0.717) is 12.0 Å². The highest BCUT2D eigenvalue weighted by Crippen LogP contribution is 2.68. The molecule has 33 heavy (non-hydrogen) atoms. The van der Waals surface area contributed by atoms with Crippen molar-refractivity contribution in [2.45, 2.75) is 71.3 Å². The van der Waals surface area contributed by atoms with Crippen molar-refractivity contribution in [3.63, 3.8) is 0 Å². The SMILES string of the molecule is CC(=O)OCC(=O)[C@]1(OC(C)=O)CC[C@H]2[C@@H]3C[C@H](F)C4=CC(=O)C=C[C@]4(C)[C@@H]3[C@@H](O)C[C@@]21C. The second-order valence-corrected chi connectivity index (χ2v) is 10.5. The molecule has 1 N–H and O–H groups in total. The van der Waals surface area contributed by atoms with Crippen LogP contribution in [0.15, 0.2) is 23.8 Å². The van der Waals surface area contributed by atoms with E-state index in [1.807, 2.05) is 13.8 Å². The summed E-state index contributed by atoms with van der Waals surface area (Å²) in [6.45, 7) is 5.56. The highest BCUT2D eigenvalue weighted by molar-refractivity contribution is 6.01. The van der Waals surface area contributed by atoms with Crippen LogP contribution >= 0.6 is 0 Å². The van der Waals surface area contributed by atoms with Crippen molar-refractivity contribution >= 4 is 23.5 Å². The first-order valence-electron chi connectivity index (χ1n) is 11.5. The number of halogens is 1. The summed E-state index contributed by atoms with van der Waals surface area (Å²) in [5.74, 6) is -2.86. The zero-order valence-corrected chi connectivity index (χ0v) is 19.4. The summed E-state index contributed by atoms with van der Waals surface area (Å²) in [6, 6.07) is 0. The predicted octanol–water partition coefficient (Wildman–Crippen LogP) is 2.65. The van der Waals surface area contributed by atoms with Crippen molar-refractivity contribution in [1.29, 1.82) is 0 Å². The normalized spacial score (nSPS) is 43.6. The van der Waals surface area contributed by atoms with E-state index in [4.69, 9.17) is 9.47 Å². The highest BCUT2D eigenvalue weighted by atomic mass is 19.1. The minimum absolute atomic E-state index is 0.124. The van der Waals surface area contributed by atoms with E-state index in [2.05, 4.69) is 0 Å². The van der Waals surface area contributed by atoms with Crippen LogP contribution in [0.3, 0.4) is 0 Å². The molecular weight excluding hydrogens is 431 g/mol. The number of aliphatic hydroxyl groups is 1. The Hall–Kier alpha value is -2.35. The Kier molecular flexibility index (Phi) is 5.67. The van der Waals surface area contributed by atoms with E-state index in [0.717, 1.165) is 0 Å². The fourth-order valence-corrected chi connectivity index (χ4v) is 7.53. The summed E-state index contributed by atoms with van der Waals surface area (Å²) >= 11 is 0. The monoisotopic (exact) mass is 462 g/mol. The van der Waals surface area contributed by atoms with Crippen LogP contribution in [0.2, 0.25) is 0 Å². The first kappa shape index (κ1) is 23.8. The van der Waals surface area contributed by atoms with Gasteiger partial charge in [-0.15, -0.1) is 0 Å². The summed E-state index contributed by atoms with van der Waals surface area (Å²) in [4.78, 5) is 48.7. The highest BCUT2D eigenvalue weighted by Gasteiger charge is 2.71. The van der Waals surface area contributed by atoms with Gasteiger partial charge < -0.3 is 14.6 Å². The predicted molar refractivity (Wildman–Crippen MR) is 114 cm³/mol. The Morgan fingerprint density at radius 2 is 1.91 bits per heavy atom. The Labute approximate surface area is 192 Å². The lowest BCUT2D eigenvalue weighted by Crippen LogP contribution is -2.63. The molecule has 0 aromatic carbocycles. The number of aliphatic hydroxyl groups excluding tert-OH is 1. The lowest BCUT2D eigenvalue weighted by Gasteiger charge is -2.60. The first-order chi connectivity index (χ1) is 15.4. The topological polar surface area (TPSA) is 107 Å². The van der Waals surface area contributed by atoms with Crippen LogP contribution in [0.4, 0.5) is 4.39 Å². The number of ether oxygens (including phenoxy) is 2. The second-order valence-electron chi connectivity index (χ2n) is 10.5. The van der Waals surface area contributed by atoms with Crippen LogP contribution in [-0.4, -0.2) is 53.1 Å². The Morgan fingerprint density at radius 3 is 2.55 bits per heavy atom. The molecular formula is C25H31FO7. The molecule has 0 spiro atoms. The van der Waals surface area contributed by atoms with Gasteiger partial charge in [0, 0.05) is 30.6 Å². The molecule has 3 saturated carbocycles. The summed E-state index contributed by atoms with van der Waals surface area (Å²) < 4.78 is 26.1. The van der Waals surface area contributed by atoms with E-state index < -0.39 is 53.0 Å². The minimum atomic E-state index is -1.56. The van der Waals surface area contributed by atoms with Crippen molar-refractivity contribution in [2.75, 3.05) is 6.61 Å². The molecule has 4 rings (SSSR count). The maximum atomic E-state index is 15.4. The standard InChI is InChI=1S/C25H31FO7/c1-13(27)32-12-21(31)25(33-14(2)28)8-6-17-16-10-19(26)18-9-15(29)5-7-23(18,3)22(16)20(30)11-24(17,25)4/h5,7,9,16-17,19-20,22,30H,6,8,10-12H2,1-4H3/t16-,17-,19-,20-,22-,23-,24-,25+/m0/s1. The quantitative estimate of drug-likeness (QED) is 0.640. The van der Waals surface area contributed by atoms with Crippen molar-refractivity contribution in [2.24, 2.45) is 28.6 Å². The van der Waals surface area contributed by atoms with Crippen molar-refractivity contribution < 1.29 is 38.1 Å². The van der Waals surface area contributed by atoms with Gasteiger partial charge in [-0.25, -0.2) is 4.39 Å². The van der Waals surface area contributed by atoms with Crippen molar-refractivity contribution in [3.8, 4) is 0 Å². The summed E-state index contributed by atoms with van der Waals surface area (Å²) in [5, 5.41) is 11.4. The number of allylic oxidation sites excluding steroid dienone is 4. The number of alkyl halides is 1. The molecule has 0 aromatic heterocycles. The third kappa shape index (κ3) is 3.40. The first-order valence-corrected chi connectivity index (χ1v) is 11.5. The number of Topliss-reactive ketones (excluding diaryl/α,β-unsaturated/α-hetero) is 1. The van der Waals surface area contributed by atoms with Crippen LogP contribution in [0.1, 0.15) is 53.4 Å². The Bertz CT molecular complexity index is 970. The fourth-order valence-electron chi connectivity index (χ4n) is 7.53. The molecule has 0 radical (unpaired) electrons. The van der Waals surface area contributed by atoms with Gasteiger partial charge in [0.2, 0.25) is 5.78 Å². The van der Waals surface area contributed by atoms with Gasteiger partial charge in [-0.3, -0.25) is 19.2 Å². The third-order valence-corrected chi connectivity index (χ3v) is 8.77. The maximum absolute atomic E-state index is 15.4. The van der Waals surface area contributed by atoms with Crippen molar-refractivity contribution in [1.82, 2.24) is 0 Å². The van der Waals surface area contributed by atoms with Crippen molar-refractivity contribution in [3.05, 3.63) is 23.8 Å². The lowest BCUT2D eigenvalue weighted by atomic mass is 9.46. The van der Waals surface area contributed by atoms with E-state index in [9.17, 15) is 24.3 Å². The summed E-state index contributed by atoms with van der Waals surface area (Å²) in [7, 11) is 0. The van der Waals surface area contributed by atoms with Gasteiger partial charge in [0.1, 0.15) is 6.17 Å². The zero-order valence-electron chi connectivity index (χ0n) is 19.4. The molecule has 4 aliphatic carbocycles. The number of ketones is 2. The molecule has 0 bridgehead atoms. The number of hydrogen-bond donors (Lipinski definition) is 1. The molecule has 8 heteroatoms. The largest absolute Gasteiger partial charge is 0.458 e. The Morgan fingerprint density at radius 1 is 1.21 bits per heavy atom. The van der Waals surface area contributed by atoms with Crippen LogP contribution in [0.5, 0.6) is 0 Å². The molecule has 0 unspecified atom stereocenters. The van der Waals surface area contributed by atoms with Gasteiger partial charge in [0.05, 0.1) is 6.10 Å². The second kappa shape index (κ2) is 7.86. The van der Waals surface area contributed by atoms with E-state index in [1.165, 1.54) is 26.0 Å². The van der Waals surface area contributed by atoms with E-state index in [1.54, 1.807) is 6.08 Å². The average Bonchev–Trinajstić information content (AvgIpc) is 2.99. The molecule has 3 fully saturated rings. The molecule has 0 aliphatic heterocycles. The maximum Gasteiger partial charge on any atom is 0.303 e. The zero-order chi connectivity index (χ0) is 24.3. The minimum Gasteiger partial charge on any atom is -0.458 e. The van der Waals surface area contributed by atoms with Crippen LogP contribution in [0.25, 0.3) is 0 Å². The van der Waals surface area contributed by atoms with Gasteiger partial charge >= 0.3 is 11.9 Å². The number of fused-ring (bicyclic) bond motifs is 5. The molecule has 0 amide bonds. The third-order valence-electron chi connectivity index (χ3n) is 8.77. The number of carbonyl (C=O) groups is 4. The molecule has 7 nitrogen and oxygen atoms in total. The summed E-state index contributed by atoms with van der Waals surface area (Å²) in [6.07, 6.45) is 3.24. The Balaban J connectivity index is 1.76. The average molecular weight is 463 g/mol. The number of hydrogen-bond acceptors (Lipinski definition) is 7. The molecule has 0 aromatic rings. The summed E-state index contributed by atoms with van der Waals surface area (Å²) in [5.41, 5.74) is -2.94.